The summed E-state index contributed by atoms with van der Waals surface area (Å²) in [5.74, 6) is 0.927. The number of rotatable bonds is 8. The summed E-state index contributed by atoms with van der Waals surface area (Å²) < 4.78 is 4.90. The van der Waals surface area contributed by atoms with Crippen LogP contribution in [0.1, 0.15) is 12.5 Å². The number of hydrogen-bond acceptors (Lipinski definition) is 4. The van der Waals surface area contributed by atoms with Gasteiger partial charge >= 0.3 is 0 Å². The molecule has 1 aromatic carbocycles. The first-order valence-corrected chi connectivity index (χ1v) is 8.46. The van der Waals surface area contributed by atoms with E-state index >= 15 is 0 Å². The summed E-state index contributed by atoms with van der Waals surface area (Å²) >= 11 is 3.38. The Balaban J connectivity index is 2.32. The van der Waals surface area contributed by atoms with Gasteiger partial charge in [0, 0.05) is 24.3 Å². The van der Waals surface area contributed by atoms with Gasteiger partial charge in [0.2, 0.25) is 5.91 Å². The molecule has 0 aliphatic rings. The summed E-state index contributed by atoms with van der Waals surface area (Å²) in [4.78, 5) is 13.0. The van der Waals surface area contributed by atoms with Crippen LogP contribution in [0.2, 0.25) is 0 Å². The molecule has 0 heterocycles. The third-order valence-corrected chi connectivity index (χ3v) is 4.59. The van der Waals surface area contributed by atoms with Crippen molar-refractivity contribution >= 4 is 29.4 Å². The quantitative estimate of drug-likeness (QED) is 0.592. The van der Waals surface area contributed by atoms with E-state index in [9.17, 15) is 4.79 Å². The predicted octanol–water partition coefficient (Wildman–Crippen LogP) is 2.79. The monoisotopic (exact) mass is 299 g/mol. The largest absolute Gasteiger partial charge is 0.383 e. The molecule has 0 aliphatic heterocycles. The molecule has 3 nitrogen and oxygen atoms in total. The molecule has 0 aromatic heterocycles. The number of carbonyl (C=O) groups excluding carboxylic acids is 1. The predicted molar refractivity (Wildman–Crippen MR) is 83.9 cm³/mol. The topological polar surface area (TPSA) is 38.3 Å². The molecule has 19 heavy (non-hydrogen) atoms. The standard InChI is InChI=1S/C14H21NO2S2/c1-11(14(16)15-8-9-17-2)19-10-12-4-6-13(18-3)7-5-12/h4-7,11H,8-10H2,1-3H3,(H,15,16)/t11-/m0/s1. The highest BCUT2D eigenvalue weighted by molar-refractivity contribution is 7.99. The van der Waals surface area contributed by atoms with Gasteiger partial charge in [0.1, 0.15) is 0 Å². The van der Waals surface area contributed by atoms with Crippen LogP contribution in [0.15, 0.2) is 29.2 Å². The Bertz CT molecular complexity index is 382. The van der Waals surface area contributed by atoms with Gasteiger partial charge in [-0.3, -0.25) is 4.79 Å². The third kappa shape index (κ3) is 6.36. The molecule has 1 rings (SSSR count). The fraction of sp³-hybridized carbons (Fsp3) is 0.500. The lowest BCUT2D eigenvalue weighted by atomic mass is 10.2. The normalized spacial score (nSPS) is 12.2. The van der Waals surface area contributed by atoms with Crippen molar-refractivity contribution in [1.82, 2.24) is 5.32 Å². The summed E-state index contributed by atoms with van der Waals surface area (Å²) in [5.41, 5.74) is 1.25. The fourth-order valence-corrected chi connectivity index (χ4v) is 2.72. The van der Waals surface area contributed by atoms with Crippen molar-refractivity contribution < 1.29 is 9.53 Å². The molecule has 1 N–H and O–H groups in total. The van der Waals surface area contributed by atoms with E-state index in [1.807, 2.05) is 6.92 Å². The minimum atomic E-state index is -0.0444. The molecule has 0 fully saturated rings. The molecule has 0 spiro atoms. The molecule has 1 amide bonds. The summed E-state index contributed by atoms with van der Waals surface area (Å²) in [5, 5.41) is 2.81. The van der Waals surface area contributed by atoms with Gasteiger partial charge in [-0.25, -0.2) is 0 Å². The summed E-state index contributed by atoms with van der Waals surface area (Å²) in [6.07, 6.45) is 2.07. The Morgan fingerprint density at radius 3 is 2.63 bits per heavy atom. The molecule has 106 valence electrons. The third-order valence-electron chi connectivity index (χ3n) is 2.63. The van der Waals surface area contributed by atoms with Crippen LogP contribution in [0.4, 0.5) is 0 Å². The highest BCUT2D eigenvalue weighted by Gasteiger charge is 2.12. The molecule has 0 saturated carbocycles. The second-order valence-electron chi connectivity index (χ2n) is 4.09. The summed E-state index contributed by atoms with van der Waals surface area (Å²) in [6, 6.07) is 8.47. The number of hydrogen-bond donors (Lipinski definition) is 1. The van der Waals surface area contributed by atoms with Crippen LogP contribution >= 0.6 is 23.5 Å². The first kappa shape index (κ1) is 16.4. The van der Waals surface area contributed by atoms with Crippen molar-refractivity contribution in [3.63, 3.8) is 0 Å². The Morgan fingerprint density at radius 1 is 1.37 bits per heavy atom. The zero-order valence-electron chi connectivity index (χ0n) is 11.6. The van der Waals surface area contributed by atoms with E-state index in [1.165, 1.54) is 10.5 Å². The van der Waals surface area contributed by atoms with Gasteiger partial charge in [0.15, 0.2) is 0 Å². The van der Waals surface area contributed by atoms with Gasteiger partial charge < -0.3 is 10.1 Å². The van der Waals surface area contributed by atoms with Gasteiger partial charge in [-0.2, -0.15) is 0 Å². The number of nitrogens with one attached hydrogen (secondary N) is 1. The summed E-state index contributed by atoms with van der Waals surface area (Å²) in [6.45, 7) is 3.06. The zero-order chi connectivity index (χ0) is 14.1. The minimum absolute atomic E-state index is 0.0444. The van der Waals surface area contributed by atoms with E-state index in [0.717, 1.165) is 5.75 Å². The van der Waals surface area contributed by atoms with Crippen molar-refractivity contribution in [3.8, 4) is 0 Å². The van der Waals surface area contributed by atoms with Crippen molar-refractivity contribution in [2.75, 3.05) is 26.5 Å². The van der Waals surface area contributed by atoms with E-state index < -0.39 is 0 Å². The van der Waals surface area contributed by atoms with E-state index in [-0.39, 0.29) is 11.2 Å². The average Bonchev–Trinajstić information content (AvgIpc) is 2.45. The molecule has 0 aliphatic carbocycles. The van der Waals surface area contributed by atoms with E-state index in [4.69, 9.17) is 4.74 Å². The second kappa shape index (κ2) is 9.28. The number of methoxy groups -OCH3 is 1. The second-order valence-corrected chi connectivity index (χ2v) is 6.29. The fourth-order valence-electron chi connectivity index (χ4n) is 1.44. The van der Waals surface area contributed by atoms with Crippen LogP contribution in [-0.4, -0.2) is 37.7 Å². The molecule has 5 heteroatoms. The van der Waals surface area contributed by atoms with Crippen LogP contribution in [0.3, 0.4) is 0 Å². The smallest absolute Gasteiger partial charge is 0.232 e. The van der Waals surface area contributed by atoms with E-state index in [1.54, 1.807) is 30.6 Å². The van der Waals surface area contributed by atoms with E-state index in [2.05, 4.69) is 35.8 Å². The first-order chi connectivity index (χ1) is 9.17. The lowest BCUT2D eigenvalue weighted by molar-refractivity contribution is -0.120. The maximum Gasteiger partial charge on any atom is 0.232 e. The van der Waals surface area contributed by atoms with Crippen molar-refractivity contribution in [2.45, 2.75) is 22.8 Å². The lowest BCUT2D eigenvalue weighted by Gasteiger charge is -2.11. The molecule has 0 bridgehead atoms. The number of amides is 1. The maximum atomic E-state index is 11.7. The van der Waals surface area contributed by atoms with Gasteiger partial charge in [-0.05, 0) is 30.9 Å². The Labute approximate surface area is 123 Å². The molecule has 0 radical (unpaired) electrons. The van der Waals surface area contributed by atoms with Gasteiger partial charge in [-0.15, -0.1) is 23.5 Å². The van der Waals surface area contributed by atoms with Gasteiger partial charge in [0.25, 0.3) is 0 Å². The molecule has 0 saturated heterocycles. The highest BCUT2D eigenvalue weighted by Crippen LogP contribution is 2.20. The maximum absolute atomic E-state index is 11.7. The Kier molecular flexibility index (Phi) is 8.02. The number of carbonyl (C=O) groups is 1. The zero-order valence-corrected chi connectivity index (χ0v) is 13.3. The highest BCUT2D eigenvalue weighted by atomic mass is 32.2. The summed E-state index contributed by atoms with van der Waals surface area (Å²) in [7, 11) is 1.63. The number of thioether (sulfide) groups is 2. The average molecular weight is 299 g/mol. The Hall–Kier alpha value is -0.650. The molecular formula is C14H21NO2S2. The molecule has 0 unspecified atom stereocenters. The van der Waals surface area contributed by atoms with Crippen LogP contribution < -0.4 is 5.32 Å². The van der Waals surface area contributed by atoms with Crippen LogP contribution in [0.5, 0.6) is 0 Å². The SMILES string of the molecule is COCCNC(=O)[C@H](C)SCc1ccc(SC)cc1. The van der Waals surface area contributed by atoms with Gasteiger partial charge in [0.05, 0.1) is 11.9 Å². The molecular weight excluding hydrogens is 278 g/mol. The van der Waals surface area contributed by atoms with Gasteiger partial charge in [-0.1, -0.05) is 12.1 Å². The van der Waals surface area contributed by atoms with Crippen molar-refractivity contribution in [1.29, 1.82) is 0 Å². The van der Waals surface area contributed by atoms with Crippen molar-refractivity contribution in [2.24, 2.45) is 0 Å². The van der Waals surface area contributed by atoms with E-state index in [0.29, 0.717) is 13.2 Å². The lowest BCUT2D eigenvalue weighted by Crippen LogP contribution is -2.33. The Morgan fingerprint density at radius 2 is 2.05 bits per heavy atom. The van der Waals surface area contributed by atoms with Crippen LogP contribution in [-0.2, 0) is 15.3 Å². The number of benzene rings is 1. The first-order valence-electron chi connectivity index (χ1n) is 6.18. The van der Waals surface area contributed by atoms with Crippen LogP contribution in [0.25, 0.3) is 0 Å². The molecule has 1 atom stereocenters. The minimum Gasteiger partial charge on any atom is -0.383 e. The molecule has 1 aromatic rings. The van der Waals surface area contributed by atoms with Crippen LogP contribution in [0, 0.1) is 0 Å². The van der Waals surface area contributed by atoms with Crippen molar-refractivity contribution in [3.05, 3.63) is 29.8 Å². The number of ether oxygens (including phenoxy) is 1.